The Morgan fingerprint density at radius 2 is 2.04 bits per heavy atom. The van der Waals surface area contributed by atoms with Gasteiger partial charge in [-0.1, -0.05) is 0 Å². The number of nitrogens with one attached hydrogen (secondary N) is 2. The lowest BCUT2D eigenvalue weighted by atomic mass is 10.3. The number of thiophene rings is 1. The highest BCUT2D eigenvalue weighted by Gasteiger charge is 2.13. The number of hydrogen-bond donors (Lipinski definition) is 2. The van der Waals surface area contributed by atoms with Gasteiger partial charge in [-0.3, -0.25) is 24.5 Å². The first-order valence-electron chi connectivity index (χ1n) is 7.56. The van der Waals surface area contributed by atoms with E-state index in [4.69, 9.17) is 4.74 Å². The van der Waals surface area contributed by atoms with E-state index in [2.05, 4.69) is 26.6 Å². The van der Waals surface area contributed by atoms with Crippen LogP contribution in [0.3, 0.4) is 0 Å². The smallest absolute Gasteiger partial charge is 0.308 e. The molecule has 1 aromatic heterocycles. The van der Waals surface area contributed by atoms with Gasteiger partial charge in [0.25, 0.3) is 17.5 Å². The Bertz CT molecular complexity index is 856. The Morgan fingerprint density at radius 3 is 2.67 bits per heavy atom. The van der Waals surface area contributed by atoms with Crippen LogP contribution in [0.15, 0.2) is 39.5 Å². The summed E-state index contributed by atoms with van der Waals surface area (Å²) in [6, 6.07) is 5.52. The number of esters is 1. The van der Waals surface area contributed by atoms with Gasteiger partial charge >= 0.3 is 5.97 Å². The molecule has 11 heteroatoms. The van der Waals surface area contributed by atoms with Gasteiger partial charge in [-0.15, -0.1) is 0 Å². The molecule has 0 aliphatic carbocycles. The quantitative estimate of drug-likeness (QED) is 0.357. The van der Waals surface area contributed by atoms with Crippen LogP contribution in [0.4, 0.5) is 11.4 Å². The van der Waals surface area contributed by atoms with E-state index in [9.17, 15) is 24.5 Å². The Balaban J connectivity index is 1.71. The molecule has 2 rings (SSSR count). The molecule has 0 spiro atoms. The van der Waals surface area contributed by atoms with Crippen LogP contribution in [0.25, 0.3) is 0 Å². The predicted octanol–water partition coefficient (Wildman–Crippen LogP) is 2.72. The van der Waals surface area contributed by atoms with E-state index in [0.717, 1.165) is 0 Å². The third-order valence-corrected chi connectivity index (χ3v) is 4.54. The standard InChI is InChI=1S/C16H14BrN3O6S/c17-12-7-11(20(24)25)1-2-13(12)19-14(21)8-26-15(22)3-5-18-16(23)10-4-6-27-9-10/h1-2,4,6-7,9H,3,5,8H2,(H,18,23)(H,19,21). The number of nitro benzene ring substituents is 1. The highest BCUT2D eigenvalue weighted by Crippen LogP contribution is 2.26. The van der Waals surface area contributed by atoms with E-state index < -0.39 is 23.4 Å². The first kappa shape index (κ1) is 20.5. The molecule has 2 aromatic rings. The van der Waals surface area contributed by atoms with Gasteiger partial charge in [0.1, 0.15) is 0 Å². The summed E-state index contributed by atoms with van der Waals surface area (Å²) in [7, 11) is 0. The number of carbonyl (C=O) groups is 3. The molecular weight excluding hydrogens is 442 g/mol. The van der Waals surface area contributed by atoms with Crippen molar-refractivity contribution in [1.82, 2.24) is 5.32 Å². The normalized spacial score (nSPS) is 10.1. The number of rotatable bonds is 8. The number of benzene rings is 1. The van der Waals surface area contributed by atoms with Crippen LogP contribution in [0.5, 0.6) is 0 Å². The highest BCUT2D eigenvalue weighted by molar-refractivity contribution is 9.10. The van der Waals surface area contributed by atoms with Gasteiger partial charge in [-0.25, -0.2) is 0 Å². The Morgan fingerprint density at radius 1 is 1.26 bits per heavy atom. The number of anilines is 1. The van der Waals surface area contributed by atoms with Crippen LogP contribution in [-0.4, -0.2) is 35.9 Å². The zero-order valence-corrected chi connectivity index (χ0v) is 16.2. The summed E-state index contributed by atoms with van der Waals surface area (Å²) in [5.74, 6) is -1.52. The van der Waals surface area contributed by atoms with Crippen molar-refractivity contribution in [3.63, 3.8) is 0 Å². The molecule has 2 amide bonds. The maximum absolute atomic E-state index is 11.8. The number of non-ortho nitro benzene ring substituents is 1. The summed E-state index contributed by atoms with van der Waals surface area (Å²) in [4.78, 5) is 45.2. The number of carbonyl (C=O) groups excluding carboxylic acids is 3. The molecule has 0 saturated heterocycles. The van der Waals surface area contributed by atoms with E-state index in [0.29, 0.717) is 15.7 Å². The van der Waals surface area contributed by atoms with Crippen molar-refractivity contribution >= 4 is 56.4 Å². The van der Waals surface area contributed by atoms with Gasteiger partial charge in [0.2, 0.25) is 0 Å². The fraction of sp³-hybridized carbons (Fsp3) is 0.188. The first-order valence-corrected chi connectivity index (χ1v) is 9.30. The van der Waals surface area contributed by atoms with Crippen molar-refractivity contribution in [2.24, 2.45) is 0 Å². The lowest BCUT2D eigenvalue weighted by molar-refractivity contribution is -0.384. The predicted molar refractivity (Wildman–Crippen MR) is 102 cm³/mol. The van der Waals surface area contributed by atoms with Gasteiger partial charge in [0.05, 0.1) is 17.0 Å². The molecule has 0 aliphatic rings. The first-order chi connectivity index (χ1) is 12.9. The second kappa shape index (κ2) is 9.78. The molecule has 0 fully saturated rings. The molecule has 1 heterocycles. The molecule has 0 aliphatic heterocycles. The molecule has 1 aromatic carbocycles. The molecule has 0 unspecified atom stereocenters. The van der Waals surface area contributed by atoms with E-state index >= 15 is 0 Å². The average molecular weight is 456 g/mol. The number of amides is 2. The van der Waals surface area contributed by atoms with Crippen LogP contribution in [0.1, 0.15) is 16.8 Å². The summed E-state index contributed by atoms with van der Waals surface area (Å²) < 4.78 is 5.15. The number of nitro groups is 1. The minimum Gasteiger partial charge on any atom is -0.456 e. The van der Waals surface area contributed by atoms with E-state index in [1.54, 1.807) is 16.8 Å². The van der Waals surface area contributed by atoms with Crippen molar-refractivity contribution in [2.45, 2.75) is 6.42 Å². The zero-order chi connectivity index (χ0) is 19.8. The molecule has 9 nitrogen and oxygen atoms in total. The molecular formula is C16H14BrN3O6S. The summed E-state index contributed by atoms with van der Waals surface area (Å²) in [6.07, 6.45) is -0.0790. The maximum Gasteiger partial charge on any atom is 0.308 e. The van der Waals surface area contributed by atoms with Crippen LogP contribution >= 0.6 is 27.3 Å². The fourth-order valence-electron chi connectivity index (χ4n) is 1.90. The second-order valence-electron chi connectivity index (χ2n) is 5.15. The Kier molecular flexibility index (Phi) is 7.44. The van der Waals surface area contributed by atoms with Crippen molar-refractivity contribution in [3.8, 4) is 0 Å². The van der Waals surface area contributed by atoms with Crippen molar-refractivity contribution in [1.29, 1.82) is 0 Å². The molecule has 0 radical (unpaired) electrons. The maximum atomic E-state index is 11.8. The SMILES string of the molecule is O=C(COC(=O)CCNC(=O)c1ccsc1)Nc1ccc([N+](=O)[O-])cc1Br. The fourth-order valence-corrected chi connectivity index (χ4v) is 3.00. The second-order valence-corrected chi connectivity index (χ2v) is 6.78. The van der Waals surface area contributed by atoms with Crippen LogP contribution in [0.2, 0.25) is 0 Å². The van der Waals surface area contributed by atoms with Crippen molar-refractivity contribution in [3.05, 3.63) is 55.2 Å². The van der Waals surface area contributed by atoms with Crippen molar-refractivity contribution < 1.29 is 24.0 Å². The monoisotopic (exact) mass is 455 g/mol. The van der Waals surface area contributed by atoms with Crippen LogP contribution in [0, 0.1) is 10.1 Å². The average Bonchev–Trinajstić information content (AvgIpc) is 3.16. The number of halogens is 1. The minimum absolute atomic E-state index is 0.0790. The molecule has 0 bridgehead atoms. The van der Waals surface area contributed by atoms with Crippen LogP contribution in [-0.2, 0) is 14.3 Å². The summed E-state index contributed by atoms with van der Waals surface area (Å²) in [5.41, 5.74) is 0.696. The third-order valence-electron chi connectivity index (χ3n) is 3.20. The molecule has 0 atom stereocenters. The minimum atomic E-state index is -0.640. The summed E-state index contributed by atoms with van der Waals surface area (Å²) >= 11 is 4.51. The molecule has 27 heavy (non-hydrogen) atoms. The van der Waals surface area contributed by atoms with E-state index in [-0.39, 0.29) is 24.6 Å². The zero-order valence-electron chi connectivity index (χ0n) is 13.8. The third kappa shape index (κ3) is 6.46. The van der Waals surface area contributed by atoms with Gasteiger partial charge in [0, 0.05) is 34.1 Å². The number of hydrogen-bond acceptors (Lipinski definition) is 7. The number of nitrogens with zero attached hydrogens (tertiary/aromatic N) is 1. The van der Waals surface area contributed by atoms with Gasteiger partial charge in [-0.2, -0.15) is 11.3 Å². The summed E-state index contributed by atoms with van der Waals surface area (Å²) in [6.45, 7) is -0.427. The topological polar surface area (TPSA) is 128 Å². The number of ether oxygens (including phenoxy) is 1. The Hall–Kier alpha value is -2.79. The molecule has 0 saturated carbocycles. The highest BCUT2D eigenvalue weighted by atomic mass is 79.9. The van der Waals surface area contributed by atoms with Gasteiger partial charge in [-0.05, 0) is 33.4 Å². The van der Waals surface area contributed by atoms with Gasteiger partial charge in [0.15, 0.2) is 6.61 Å². The van der Waals surface area contributed by atoms with Gasteiger partial charge < -0.3 is 15.4 Å². The lowest BCUT2D eigenvalue weighted by Gasteiger charge is -2.08. The largest absolute Gasteiger partial charge is 0.456 e. The van der Waals surface area contributed by atoms with E-state index in [1.807, 2.05) is 0 Å². The van der Waals surface area contributed by atoms with Crippen LogP contribution < -0.4 is 10.6 Å². The van der Waals surface area contributed by atoms with Crippen molar-refractivity contribution in [2.75, 3.05) is 18.5 Å². The lowest BCUT2D eigenvalue weighted by Crippen LogP contribution is -2.27. The van der Waals surface area contributed by atoms with E-state index in [1.165, 1.54) is 29.5 Å². The Labute approximate surface area is 166 Å². The summed E-state index contributed by atoms with van der Waals surface area (Å²) in [5, 5.41) is 19.2. The molecule has 2 N–H and O–H groups in total. The molecule has 142 valence electrons.